The minimum absolute atomic E-state index is 0.0224. The number of allylic oxidation sites excluding steroid dienone is 1. The van der Waals surface area contributed by atoms with E-state index in [1.165, 1.54) is 5.06 Å². The number of nitrogens with one attached hydrogen (secondary N) is 2. The molecule has 280 valence electrons. The molecule has 0 aromatic heterocycles. The Hall–Kier alpha value is -4.34. The van der Waals surface area contributed by atoms with Crippen molar-refractivity contribution in [1.82, 2.24) is 15.7 Å². The number of hydroxylamine groups is 2. The van der Waals surface area contributed by atoms with Crippen LogP contribution in [0.1, 0.15) is 63.1 Å². The summed E-state index contributed by atoms with van der Waals surface area (Å²) in [7, 11) is 0. The molecule has 4 fully saturated rings. The van der Waals surface area contributed by atoms with Crippen molar-refractivity contribution in [2.24, 2.45) is 5.41 Å². The van der Waals surface area contributed by atoms with Crippen LogP contribution in [-0.2, 0) is 55.9 Å². The monoisotopic (exact) mass is 721 g/mol. The van der Waals surface area contributed by atoms with Crippen molar-refractivity contribution in [3.63, 3.8) is 0 Å². The molecule has 2 bridgehead atoms. The van der Waals surface area contributed by atoms with Gasteiger partial charge in [0.2, 0.25) is 11.8 Å². The van der Waals surface area contributed by atoms with E-state index in [4.69, 9.17) is 23.8 Å². The Morgan fingerprint density at radius 1 is 1.08 bits per heavy atom. The van der Waals surface area contributed by atoms with Gasteiger partial charge in [-0.25, -0.2) is 0 Å². The number of aliphatic hydroxyl groups excluding tert-OH is 1. The molecule has 0 radical (unpaired) electrons. The molecule has 0 spiro atoms. The highest BCUT2D eigenvalue weighted by Gasteiger charge is 2.74. The van der Waals surface area contributed by atoms with Gasteiger partial charge in [0, 0.05) is 25.8 Å². The van der Waals surface area contributed by atoms with E-state index in [2.05, 4.69) is 10.6 Å². The second kappa shape index (κ2) is 15.7. The van der Waals surface area contributed by atoms with Crippen LogP contribution >= 0.6 is 0 Å². The molecule has 4 N–H and O–H groups in total. The number of nitrogens with zero attached hydrogens (tertiary/aromatic N) is 1. The first-order valence-electron chi connectivity index (χ1n) is 17.7. The molecule has 2 amide bonds. The van der Waals surface area contributed by atoms with Gasteiger partial charge in [-0.1, -0.05) is 54.6 Å². The van der Waals surface area contributed by atoms with Gasteiger partial charge in [0.25, 0.3) is 0 Å². The molecular weight excluding hydrogens is 674 g/mol. The summed E-state index contributed by atoms with van der Waals surface area (Å²) in [5, 5.41) is 26.8. The van der Waals surface area contributed by atoms with Crippen LogP contribution in [-0.4, -0.2) is 101 Å². The number of amides is 2. The number of aromatic hydroxyl groups is 1. The molecule has 3 heterocycles. The van der Waals surface area contributed by atoms with Crippen molar-refractivity contribution in [3.8, 4) is 5.75 Å². The third-order valence-electron chi connectivity index (χ3n) is 9.79. The molecule has 2 aromatic rings. The highest BCUT2D eigenvalue weighted by Crippen LogP contribution is 2.55. The van der Waals surface area contributed by atoms with Gasteiger partial charge < -0.3 is 39.8 Å². The van der Waals surface area contributed by atoms with Crippen molar-refractivity contribution >= 4 is 29.8 Å². The Balaban J connectivity index is 1.09. The Bertz CT molecular complexity index is 1660. The number of fused-ring (bicyclic) bond motifs is 4. The summed E-state index contributed by atoms with van der Waals surface area (Å²) in [6, 6.07) is 13.2. The summed E-state index contributed by atoms with van der Waals surface area (Å²) < 4.78 is 22.8. The average molecular weight is 722 g/mol. The molecular formula is C38H47N3O11. The van der Waals surface area contributed by atoms with E-state index in [1.54, 1.807) is 32.9 Å². The molecule has 6 rings (SSSR count). The number of phenols is 1. The first-order chi connectivity index (χ1) is 24.9. The summed E-state index contributed by atoms with van der Waals surface area (Å²) in [5.41, 5.74) is 0.607. The van der Waals surface area contributed by atoms with Crippen LogP contribution in [0, 0.1) is 5.41 Å². The SMILES string of the molecule is CC(C)(C)OC(=O)CCC(CO)NC(=O)CCNC(=O)C12CC3OC(=O)C1N(Cc1ccc(C=CCc4ccccc4O)cc1)OC2C1OCOC31. The van der Waals surface area contributed by atoms with Crippen LogP contribution in [0.2, 0.25) is 0 Å². The number of para-hydroxylation sites is 1. The summed E-state index contributed by atoms with van der Waals surface area (Å²) in [5.74, 6) is -1.66. The first-order valence-corrected chi connectivity index (χ1v) is 17.7. The maximum atomic E-state index is 14.2. The fourth-order valence-electron chi connectivity index (χ4n) is 7.40. The average Bonchev–Trinajstić information content (AvgIpc) is 3.72. The Labute approximate surface area is 302 Å². The molecule has 14 nitrogen and oxygen atoms in total. The van der Waals surface area contributed by atoms with E-state index < -0.39 is 71.3 Å². The minimum atomic E-state index is -1.36. The van der Waals surface area contributed by atoms with Crippen LogP contribution in [0.5, 0.6) is 5.75 Å². The normalized spacial score (nSPS) is 27.2. The van der Waals surface area contributed by atoms with Gasteiger partial charge >= 0.3 is 11.9 Å². The van der Waals surface area contributed by atoms with E-state index >= 15 is 0 Å². The molecule has 14 heteroatoms. The predicted octanol–water partition coefficient (Wildman–Crippen LogP) is 2.29. The molecule has 52 heavy (non-hydrogen) atoms. The lowest BCUT2D eigenvalue weighted by atomic mass is 9.62. The zero-order chi connectivity index (χ0) is 37.0. The molecule has 1 saturated carbocycles. The number of hydrogen-bond acceptors (Lipinski definition) is 12. The van der Waals surface area contributed by atoms with Crippen LogP contribution in [0.25, 0.3) is 6.08 Å². The summed E-state index contributed by atoms with van der Waals surface area (Å²) >= 11 is 0. The summed E-state index contributed by atoms with van der Waals surface area (Å²) in [4.78, 5) is 59.1. The molecule has 3 saturated heterocycles. The second-order valence-corrected chi connectivity index (χ2v) is 14.7. The Morgan fingerprint density at radius 2 is 1.83 bits per heavy atom. The lowest BCUT2D eigenvalue weighted by molar-refractivity contribution is -0.201. The molecule has 2 aromatic carbocycles. The molecule has 7 atom stereocenters. The van der Waals surface area contributed by atoms with Crippen molar-refractivity contribution < 1.29 is 53.2 Å². The number of benzene rings is 2. The van der Waals surface area contributed by atoms with Crippen LogP contribution in [0.4, 0.5) is 0 Å². The van der Waals surface area contributed by atoms with Gasteiger partial charge in [0.15, 0.2) is 6.04 Å². The second-order valence-electron chi connectivity index (χ2n) is 14.7. The number of hydrogen-bond donors (Lipinski definition) is 4. The van der Waals surface area contributed by atoms with Crippen molar-refractivity contribution in [1.29, 1.82) is 0 Å². The quantitative estimate of drug-likeness (QED) is 0.209. The standard InChI is InChI=1S/C38H47N3O11/c1-37(2,3)51-30(45)16-15-26(21-42)40-29(44)17-18-39-36(47)38-19-28-31-32(49-22-48-31)34(38)52-41(33(38)35(46)50-28)20-24-13-11-23(12-14-24)7-6-9-25-8-4-5-10-27(25)43/h4-8,10-14,26,28,31-34,42-43H,9,15-22H2,1-3H3,(H,39,47)(H,40,44). The van der Waals surface area contributed by atoms with Gasteiger partial charge in [-0.05, 0) is 56.4 Å². The molecule has 7 unspecified atom stereocenters. The topological polar surface area (TPSA) is 182 Å². The number of rotatable bonds is 14. The van der Waals surface area contributed by atoms with E-state index in [0.717, 1.165) is 16.7 Å². The number of ether oxygens (including phenoxy) is 4. The highest BCUT2D eigenvalue weighted by atomic mass is 16.8. The van der Waals surface area contributed by atoms with Crippen molar-refractivity contribution in [2.45, 2.75) is 102 Å². The van der Waals surface area contributed by atoms with E-state index in [1.807, 2.05) is 48.6 Å². The van der Waals surface area contributed by atoms with Gasteiger partial charge in [-0.2, -0.15) is 5.06 Å². The van der Waals surface area contributed by atoms with Crippen LogP contribution in [0.3, 0.4) is 0 Å². The lowest BCUT2D eigenvalue weighted by Crippen LogP contribution is -2.69. The van der Waals surface area contributed by atoms with Gasteiger partial charge in [0.05, 0.1) is 19.2 Å². The lowest BCUT2D eigenvalue weighted by Gasteiger charge is -2.48. The Morgan fingerprint density at radius 3 is 2.56 bits per heavy atom. The van der Waals surface area contributed by atoms with Crippen LogP contribution in [0.15, 0.2) is 54.6 Å². The zero-order valence-corrected chi connectivity index (χ0v) is 29.6. The zero-order valence-electron chi connectivity index (χ0n) is 29.6. The number of phenolic OH excluding ortho intramolecular Hbond substituents is 1. The number of aliphatic hydroxyl groups is 1. The third kappa shape index (κ3) is 8.16. The molecule has 3 aliphatic heterocycles. The van der Waals surface area contributed by atoms with Gasteiger partial charge in [-0.3, -0.25) is 24.0 Å². The van der Waals surface area contributed by atoms with Crippen LogP contribution < -0.4 is 10.6 Å². The number of esters is 2. The molecule has 4 aliphatic rings. The molecule has 1 aliphatic carbocycles. The highest BCUT2D eigenvalue weighted by molar-refractivity contribution is 5.94. The van der Waals surface area contributed by atoms with Crippen molar-refractivity contribution in [2.75, 3.05) is 19.9 Å². The smallest absolute Gasteiger partial charge is 0.327 e. The summed E-state index contributed by atoms with van der Waals surface area (Å²) in [6.07, 6.45) is 1.99. The van der Waals surface area contributed by atoms with E-state index in [-0.39, 0.29) is 57.9 Å². The van der Waals surface area contributed by atoms with Crippen molar-refractivity contribution in [3.05, 3.63) is 71.3 Å². The first kappa shape index (κ1) is 37.4. The third-order valence-corrected chi connectivity index (χ3v) is 9.79. The maximum Gasteiger partial charge on any atom is 0.327 e. The van der Waals surface area contributed by atoms with Gasteiger partial charge in [-0.15, -0.1) is 0 Å². The number of carbonyl (C=O) groups is 4. The van der Waals surface area contributed by atoms with E-state index in [0.29, 0.717) is 6.42 Å². The largest absolute Gasteiger partial charge is 0.508 e. The van der Waals surface area contributed by atoms with E-state index in [9.17, 15) is 29.4 Å². The Kier molecular flexibility index (Phi) is 11.3. The van der Waals surface area contributed by atoms with Gasteiger partial charge in [0.1, 0.15) is 48.0 Å². The maximum absolute atomic E-state index is 14.2. The predicted molar refractivity (Wildman–Crippen MR) is 185 cm³/mol. The fourth-order valence-corrected chi connectivity index (χ4v) is 7.40. The number of carbonyl (C=O) groups excluding carboxylic acids is 4. The summed E-state index contributed by atoms with van der Waals surface area (Å²) in [6.45, 7) is 5.03. The fraction of sp³-hybridized carbons (Fsp3) is 0.526. The minimum Gasteiger partial charge on any atom is -0.508 e.